The third-order valence-electron chi connectivity index (χ3n) is 1.17. The van der Waals surface area contributed by atoms with Crippen molar-refractivity contribution in [1.29, 1.82) is 0 Å². The summed E-state index contributed by atoms with van der Waals surface area (Å²) in [7, 11) is -1.09. The van der Waals surface area contributed by atoms with E-state index in [1.165, 1.54) is 0 Å². The van der Waals surface area contributed by atoms with Crippen molar-refractivity contribution in [3.05, 3.63) is 15.4 Å². The number of rotatable bonds is 3. The average molecular weight is 329 g/mol. The van der Waals surface area contributed by atoms with E-state index in [2.05, 4.69) is 46.5 Å². The quantitative estimate of drug-likeness (QED) is 0.924. The average Bonchev–Trinajstić information content (AvgIpc) is 2.09. The lowest BCUT2D eigenvalue weighted by Gasteiger charge is -2.04. The molecule has 0 aliphatic carbocycles. The van der Waals surface area contributed by atoms with Crippen LogP contribution in [-0.4, -0.2) is 19.9 Å². The molecule has 1 aromatic heterocycles. The summed E-state index contributed by atoms with van der Waals surface area (Å²) in [5, 5.41) is 0. The van der Waals surface area contributed by atoms with Crippen LogP contribution in [0.15, 0.2) is 15.4 Å². The molecule has 7 heteroatoms. The molecule has 4 nitrogen and oxygen atoms in total. The molecule has 0 amide bonds. The van der Waals surface area contributed by atoms with Crippen molar-refractivity contribution >= 4 is 48.7 Å². The predicted molar refractivity (Wildman–Crippen MR) is 59.7 cm³/mol. The van der Waals surface area contributed by atoms with Gasteiger partial charge in [-0.2, -0.15) is 0 Å². The molecule has 0 aliphatic heterocycles. The van der Waals surface area contributed by atoms with Crippen LogP contribution < -0.4 is 4.72 Å². The molecular formula is C6H7Br2N3OS. The van der Waals surface area contributed by atoms with Gasteiger partial charge in [-0.25, -0.2) is 14.2 Å². The highest BCUT2D eigenvalue weighted by atomic mass is 79.9. The van der Waals surface area contributed by atoms with Crippen molar-refractivity contribution in [2.75, 3.05) is 10.5 Å². The van der Waals surface area contributed by atoms with Gasteiger partial charge < -0.3 is 0 Å². The summed E-state index contributed by atoms with van der Waals surface area (Å²) in [4.78, 5) is 8.04. The Morgan fingerprint density at radius 1 is 1.62 bits per heavy atom. The SMILES string of the molecule is CCS(=O)Nc1ncc(Br)nc1Br. The van der Waals surface area contributed by atoms with Gasteiger partial charge in [0.1, 0.15) is 15.6 Å². The molecule has 1 aromatic rings. The molecule has 1 rings (SSSR count). The van der Waals surface area contributed by atoms with Gasteiger partial charge >= 0.3 is 0 Å². The topological polar surface area (TPSA) is 54.9 Å². The minimum Gasteiger partial charge on any atom is -0.287 e. The van der Waals surface area contributed by atoms with E-state index >= 15 is 0 Å². The second kappa shape index (κ2) is 5.02. The smallest absolute Gasteiger partial charge is 0.171 e. The molecule has 0 radical (unpaired) electrons. The van der Waals surface area contributed by atoms with Crippen LogP contribution in [0, 0.1) is 0 Å². The van der Waals surface area contributed by atoms with E-state index in [9.17, 15) is 4.21 Å². The number of hydrogen-bond acceptors (Lipinski definition) is 3. The Hall–Kier alpha value is -0.0100. The van der Waals surface area contributed by atoms with E-state index in [4.69, 9.17) is 0 Å². The summed E-state index contributed by atoms with van der Waals surface area (Å²) in [5.41, 5.74) is 0. The van der Waals surface area contributed by atoms with E-state index in [1.54, 1.807) is 6.20 Å². The van der Waals surface area contributed by atoms with Crippen LogP contribution in [0.5, 0.6) is 0 Å². The first-order valence-electron chi connectivity index (χ1n) is 3.46. The highest BCUT2D eigenvalue weighted by molar-refractivity contribution is 9.11. The number of aromatic nitrogens is 2. The van der Waals surface area contributed by atoms with Crippen LogP contribution in [0.2, 0.25) is 0 Å². The summed E-state index contributed by atoms with van der Waals surface area (Å²) in [6.45, 7) is 1.82. The molecule has 0 spiro atoms. The molecule has 0 aliphatic rings. The lowest BCUT2D eigenvalue weighted by molar-refractivity contribution is 0.687. The third kappa shape index (κ3) is 3.32. The zero-order chi connectivity index (χ0) is 9.84. The Bertz CT molecular complexity index is 334. The molecule has 0 saturated heterocycles. The van der Waals surface area contributed by atoms with Crippen LogP contribution in [0.1, 0.15) is 6.92 Å². The van der Waals surface area contributed by atoms with Gasteiger partial charge in [-0.3, -0.25) is 4.72 Å². The summed E-state index contributed by atoms with van der Waals surface area (Å²) in [5.74, 6) is 1.02. The maximum Gasteiger partial charge on any atom is 0.171 e. The Morgan fingerprint density at radius 3 is 2.85 bits per heavy atom. The zero-order valence-corrected chi connectivity index (χ0v) is 10.7. The zero-order valence-electron chi connectivity index (χ0n) is 6.75. The summed E-state index contributed by atoms with van der Waals surface area (Å²) >= 11 is 6.38. The summed E-state index contributed by atoms with van der Waals surface area (Å²) in [6.07, 6.45) is 1.54. The molecule has 1 N–H and O–H groups in total. The van der Waals surface area contributed by atoms with E-state index in [-0.39, 0.29) is 0 Å². The van der Waals surface area contributed by atoms with Crippen LogP contribution in [0.4, 0.5) is 5.82 Å². The summed E-state index contributed by atoms with van der Waals surface area (Å²) < 4.78 is 15.0. The van der Waals surface area contributed by atoms with Crippen LogP contribution in [0.3, 0.4) is 0 Å². The van der Waals surface area contributed by atoms with Crippen molar-refractivity contribution in [3.63, 3.8) is 0 Å². The van der Waals surface area contributed by atoms with Gasteiger partial charge in [0.25, 0.3) is 0 Å². The van der Waals surface area contributed by atoms with Gasteiger partial charge in [-0.1, -0.05) is 6.92 Å². The molecule has 0 fully saturated rings. The maximum atomic E-state index is 11.1. The largest absolute Gasteiger partial charge is 0.287 e. The molecule has 0 saturated carbocycles. The highest BCUT2D eigenvalue weighted by Crippen LogP contribution is 2.19. The number of halogens is 2. The lowest BCUT2D eigenvalue weighted by atomic mass is 10.7. The standard InChI is InChI=1S/C6H7Br2N3OS/c1-2-13(12)11-6-5(8)10-4(7)3-9-6/h3H,2H2,1H3,(H,9,11). The van der Waals surface area contributed by atoms with Crippen molar-refractivity contribution in [2.24, 2.45) is 0 Å². The Balaban J connectivity index is 2.83. The van der Waals surface area contributed by atoms with Gasteiger partial charge in [0.15, 0.2) is 10.4 Å². The van der Waals surface area contributed by atoms with E-state index in [1.807, 2.05) is 6.92 Å². The molecule has 1 heterocycles. The third-order valence-corrected chi connectivity index (χ3v) is 3.05. The first-order valence-corrected chi connectivity index (χ1v) is 6.37. The van der Waals surface area contributed by atoms with Crippen molar-refractivity contribution in [3.8, 4) is 0 Å². The fourth-order valence-electron chi connectivity index (χ4n) is 0.595. The van der Waals surface area contributed by atoms with Crippen LogP contribution >= 0.6 is 31.9 Å². The van der Waals surface area contributed by atoms with E-state index < -0.39 is 11.0 Å². The number of hydrogen-bond donors (Lipinski definition) is 1. The van der Waals surface area contributed by atoms with Gasteiger partial charge in [-0.15, -0.1) is 0 Å². The maximum absolute atomic E-state index is 11.1. The fourth-order valence-corrected chi connectivity index (χ4v) is 2.15. The molecule has 1 unspecified atom stereocenters. The highest BCUT2D eigenvalue weighted by Gasteiger charge is 2.05. The molecule has 0 bridgehead atoms. The summed E-state index contributed by atoms with van der Waals surface area (Å²) in [6, 6.07) is 0. The number of nitrogens with one attached hydrogen (secondary N) is 1. The molecule has 13 heavy (non-hydrogen) atoms. The fraction of sp³-hybridized carbons (Fsp3) is 0.333. The molecular weight excluding hydrogens is 322 g/mol. The van der Waals surface area contributed by atoms with Gasteiger partial charge in [0.05, 0.1) is 6.20 Å². The Kier molecular flexibility index (Phi) is 4.27. The molecule has 0 aromatic carbocycles. The first-order chi connectivity index (χ1) is 6.13. The minimum atomic E-state index is -1.09. The lowest BCUT2D eigenvalue weighted by Crippen LogP contribution is -2.08. The second-order valence-electron chi connectivity index (χ2n) is 2.07. The van der Waals surface area contributed by atoms with E-state index in [0.29, 0.717) is 20.8 Å². The number of nitrogens with zero attached hydrogens (tertiary/aromatic N) is 2. The molecule has 1 atom stereocenters. The Morgan fingerprint density at radius 2 is 2.31 bits per heavy atom. The normalized spacial score (nSPS) is 12.5. The van der Waals surface area contributed by atoms with Crippen LogP contribution in [-0.2, 0) is 11.0 Å². The van der Waals surface area contributed by atoms with Gasteiger partial charge in [0.2, 0.25) is 0 Å². The van der Waals surface area contributed by atoms with Crippen molar-refractivity contribution in [1.82, 2.24) is 9.97 Å². The monoisotopic (exact) mass is 327 g/mol. The second-order valence-corrected chi connectivity index (χ2v) is 5.10. The first kappa shape index (κ1) is 11.1. The van der Waals surface area contributed by atoms with Gasteiger partial charge in [0, 0.05) is 5.75 Å². The predicted octanol–water partition coefficient (Wildman–Crippen LogP) is 2.10. The Labute approximate surface area is 95.4 Å². The van der Waals surface area contributed by atoms with E-state index in [0.717, 1.165) is 0 Å². The molecule has 72 valence electrons. The van der Waals surface area contributed by atoms with Crippen molar-refractivity contribution < 1.29 is 4.21 Å². The van der Waals surface area contributed by atoms with Gasteiger partial charge in [-0.05, 0) is 31.9 Å². The minimum absolute atomic E-state index is 0.489. The van der Waals surface area contributed by atoms with Crippen LogP contribution in [0.25, 0.3) is 0 Å². The van der Waals surface area contributed by atoms with Crippen molar-refractivity contribution in [2.45, 2.75) is 6.92 Å². The number of anilines is 1.